The topological polar surface area (TPSA) is 60.9 Å². The normalized spacial score (nSPS) is 25.6. The van der Waals surface area contributed by atoms with Crippen molar-refractivity contribution in [1.82, 2.24) is 9.21 Å². The molecule has 4 fully saturated rings. The summed E-state index contributed by atoms with van der Waals surface area (Å²) in [5.41, 5.74) is 1.32. The van der Waals surface area contributed by atoms with Crippen molar-refractivity contribution in [3.63, 3.8) is 0 Å². The lowest BCUT2D eigenvalue weighted by molar-refractivity contribution is 0.0689. The molecule has 3 saturated heterocycles. The van der Waals surface area contributed by atoms with Crippen molar-refractivity contribution in [2.75, 3.05) is 37.6 Å². The third kappa shape index (κ3) is 4.68. The number of benzene rings is 1. The van der Waals surface area contributed by atoms with E-state index in [2.05, 4.69) is 9.80 Å². The molecular weight excluding hydrogens is 434 g/mol. The van der Waals surface area contributed by atoms with E-state index in [-0.39, 0.29) is 5.91 Å². The van der Waals surface area contributed by atoms with E-state index in [0.29, 0.717) is 35.5 Å². The molecule has 33 heavy (non-hydrogen) atoms. The molecule has 1 unspecified atom stereocenters. The van der Waals surface area contributed by atoms with E-state index in [0.717, 1.165) is 70.3 Å². The molecule has 182 valence electrons. The van der Waals surface area contributed by atoms with E-state index in [1.54, 1.807) is 10.4 Å². The Morgan fingerprint density at radius 1 is 0.758 bits per heavy atom. The molecule has 1 aliphatic carbocycles. The minimum absolute atomic E-state index is 0.0182. The Hall–Kier alpha value is -1.60. The Morgan fingerprint density at radius 2 is 1.42 bits per heavy atom. The van der Waals surface area contributed by atoms with Gasteiger partial charge >= 0.3 is 0 Å². The number of piperidine rings is 2. The van der Waals surface area contributed by atoms with Gasteiger partial charge in [0, 0.05) is 44.3 Å². The maximum atomic E-state index is 13.8. The maximum Gasteiger partial charge on any atom is 0.254 e. The van der Waals surface area contributed by atoms with Gasteiger partial charge < -0.3 is 9.80 Å². The van der Waals surface area contributed by atoms with E-state index in [1.807, 2.05) is 12.1 Å². The number of rotatable bonds is 5. The van der Waals surface area contributed by atoms with E-state index in [1.165, 1.54) is 32.1 Å². The minimum atomic E-state index is -3.63. The fourth-order valence-electron chi connectivity index (χ4n) is 6.54. The summed E-state index contributed by atoms with van der Waals surface area (Å²) in [6, 6.07) is 5.82. The van der Waals surface area contributed by atoms with Gasteiger partial charge in [0.2, 0.25) is 10.0 Å². The van der Waals surface area contributed by atoms with Gasteiger partial charge in [0.25, 0.3) is 5.91 Å². The number of anilines is 1. The lowest BCUT2D eigenvalue weighted by Crippen LogP contribution is -2.40. The summed E-state index contributed by atoms with van der Waals surface area (Å²) < 4.78 is 29.2. The minimum Gasteiger partial charge on any atom is -0.370 e. The van der Waals surface area contributed by atoms with Crippen LogP contribution in [0.15, 0.2) is 23.1 Å². The van der Waals surface area contributed by atoms with Crippen molar-refractivity contribution in [3.8, 4) is 0 Å². The number of carbonyl (C=O) groups excluding carboxylic acids is 1. The molecule has 0 aromatic heterocycles. The van der Waals surface area contributed by atoms with E-state index >= 15 is 0 Å². The molecule has 5 rings (SSSR count). The first-order chi connectivity index (χ1) is 16.1. The quantitative estimate of drug-likeness (QED) is 0.625. The fraction of sp³-hybridized carbons (Fsp3) is 0.731. The van der Waals surface area contributed by atoms with E-state index < -0.39 is 10.0 Å². The van der Waals surface area contributed by atoms with Gasteiger partial charge in [-0.15, -0.1) is 0 Å². The molecule has 6 nitrogen and oxygen atoms in total. The number of likely N-dealkylation sites (tertiary alicyclic amines) is 1. The van der Waals surface area contributed by atoms with Gasteiger partial charge in [0.15, 0.2) is 0 Å². The monoisotopic (exact) mass is 473 g/mol. The molecule has 1 aromatic carbocycles. The van der Waals surface area contributed by atoms with Crippen molar-refractivity contribution in [2.45, 2.75) is 88.0 Å². The van der Waals surface area contributed by atoms with Gasteiger partial charge in [-0.05, 0) is 81.9 Å². The molecule has 1 amide bonds. The Balaban J connectivity index is 1.48. The van der Waals surface area contributed by atoms with Crippen LogP contribution >= 0.6 is 0 Å². The predicted octanol–water partition coefficient (Wildman–Crippen LogP) is 4.65. The van der Waals surface area contributed by atoms with Crippen LogP contribution in [0.25, 0.3) is 0 Å². The summed E-state index contributed by atoms with van der Waals surface area (Å²) in [6.45, 7) is 3.71. The van der Waals surface area contributed by atoms with Crippen LogP contribution in [0.2, 0.25) is 0 Å². The average molecular weight is 474 g/mol. The highest BCUT2D eigenvalue weighted by molar-refractivity contribution is 7.89. The first-order valence-electron chi connectivity index (χ1n) is 13.3. The zero-order valence-corrected chi connectivity index (χ0v) is 20.7. The second-order valence-corrected chi connectivity index (χ2v) is 12.4. The summed E-state index contributed by atoms with van der Waals surface area (Å²) in [5, 5.41) is 0. The van der Waals surface area contributed by atoms with Gasteiger partial charge in [0.05, 0.1) is 5.69 Å². The molecule has 0 bridgehead atoms. The molecule has 1 aromatic rings. The van der Waals surface area contributed by atoms with Crippen LogP contribution in [-0.2, 0) is 10.0 Å². The summed E-state index contributed by atoms with van der Waals surface area (Å²) in [6.07, 6.45) is 13.4. The standard InChI is InChI=1S/C26H39N3O3S/c30-26(29-19-9-12-23(29)21-10-3-4-11-21)22-13-14-24(27-15-5-1-6-16-27)25(20-22)33(31,32)28-17-7-2-8-18-28/h13-14,20-21,23H,1-12,15-19H2. The number of amides is 1. The van der Waals surface area contributed by atoms with Gasteiger partial charge in [-0.3, -0.25) is 4.79 Å². The van der Waals surface area contributed by atoms with Crippen LogP contribution in [0.3, 0.4) is 0 Å². The Kier molecular flexibility index (Phi) is 6.98. The van der Waals surface area contributed by atoms with Crippen molar-refractivity contribution in [3.05, 3.63) is 23.8 Å². The van der Waals surface area contributed by atoms with Crippen molar-refractivity contribution in [1.29, 1.82) is 0 Å². The smallest absolute Gasteiger partial charge is 0.254 e. The molecule has 1 atom stereocenters. The summed E-state index contributed by atoms with van der Waals surface area (Å²) in [4.78, 5) is 18.3. The van der Waals surface area contributed by atoms with Crippen molar-refractivity contribution >= 4 is 21.6 Å². The van der Waals surface area contributed by atoms with Crippen LogP contribution in [0.5, 0.6) is 0 Å². The Morgan fingerprint density at radius 3 is 2.12 bits per heavy atom. The number of sulfonamides is 1. The largest absolute Gasteiger partial charge is 0.370 e. The highest BCUT2D eigenvalue weighted by atomic mass is 32.2. The van der Waals surface area contributed by atoms with E-state index in [4.69, 9.17) is 0 Å². The molecule has 0 spiro atoms. The molecule has 3 heterocycles. The lowest BCUT2D eigenvalue weighted by atomic mass is 9.95. The summed E-state index contributed by atoms with van der Waals surface area (Å²) >= 11 is 0. The molecule has 0 N–H and O–H groups in total. The number of hydrogen-bond donors (Lipinski definition) is 0. The number of hydrogen-bond acceptors (Lipinski definition) is 4. The highest BCUT2D eigenvalue weighted by Crippen LogP contribution is 2.37. The molecular formula is C26H39N3O3S. The van der Waals surface area contributed by atoms with Crippen LogP contribution in [0.4, 0.5) is 5.69 Å². The SMILES string of the molecule is O=C(c1ccc(N2CCCCC2)c(S(=O)(=O)N2CCCCC2)c1)N1CCCC1C1CCCC1. The highest BCUT2D eigenvalue weighted by Gasteiger charge is 2.37. The predicted molar refractivity (Wildman–Crippen MR) is 131 cm³/mol. The molecule has 1 saturated carbocycles. The molecule has 0 radical (unpaired) electrons. The molecule has 7 heteroatoms. The second kappa shape index (κ2) is 9.95. The number of nitrogens with zero attached hydrogens (tertiary/aromatic N) is 3. The lowest BCUT2D eigenvalue weighted by Gasteiger charge is -2.33. The van der Waals surface area contributed by atoms with Crippen LogP contribution in [0.1, 0.15) is 87.4 Å². The molecule has 4 aliphatic rings. The maximum absolute atomic E-state index is 13.8. The second-order valence-electron chi connectivity index (χ2n) is 10.4. The average Bonchev–Trinajstić information content (AvgIpc) is 3.56. The van der Waals surface area contributed by atoms with Crippen LogP contribution in [0, 0.1) is 5.92 Å². The summed E-state index contributed by atoms with van der Waals surface area (Å²) in [7, 11) is -3.63. The summed E-state index contributed by atoms with van der Waals surface area (Å²) in [5.74, 6) is 0.630. The Labute approximate surface area is 199 Å². The number of carbonyl (C=O) groups is 1. The zero-order chi connectivity index (χ0) is 22.8. The zero-order valence-electron chi connectivity index (χ0n) is 19.9. The van der Waals surface area contributed by atoms with Gasteiger partial charge in [-0.1, -0.05) is 19.3 Å². The van der Waals surface area contributed by atoms with Gasteiger partial charge in [-0.25, -0.2) is 8.42 Å². The van der Waals surface area contributed by atoms with Crippen molar-refractivity contribution < 1.29 is 13.2 Å². The third-order valence-electron chi connectivity index (χ3n) is 8.34. The molecule has 3 aliphatic heterocycles. The van der Waals surface area contributed by atoms with Gasteiger partial charge in [0.1, 0.15) is 4.90 Å². The fourth-order valence-corrected chi connectivity index (χ4v) is 8.29. The third-order valence-corrected chi connectivity index (χ3v) is 10.3. The van der Waals surface area contributed by atoms with Crippen LogP contribution in [-0.4, -0.2) is 62.3 Å². The van der Waals surface area contributed by atoms with Crippen molar-refractivity contribution in [2.24, 2.45) is 5.92 Å². The van der Waals surface area contributed by atoms with Gasteiger partial charge in [-0.2, -0.15) is 4.31 Å². The van der Waals surface area contributed by atoms with Crippen LogP contribution < -0.4 is 4.90 Å². The Bertz CT molecular complexity index is 946. The first-order valence-corrected chi connectivity index (χ1v) is 14.7. The first kappa shape index (κ1) is 23.2. The van der Waals surface area contributed by atoms with E-state index in [9.17, 15) is 13.2 Å².